The predicted octanol–water partition coefficient (Wildman–Crippen LogP) is 2.65. The molecule has 0 radical (unpaired) electrons. The van der Waals surface area contributed by atoms with Crippen LogP contribution in [0.1, 0.15) is 36.7 Å². The lowest BCUT2D eigenvalue weighted by atomic mass is 10.0. The third kappa shape index (κ3) is 2.17. The molecular weight excluding hydrogens is 294 g/mol. The van der Waals surface area contributed by atoms with Crippen LogP contribution >= 0.6 is 0 Å². The highest BCUT2D eigenvalue weighted by atomic mass is 16.6. The van der Waals surface area contributed by atoms with Gasteiger partial charge in [0.1, 0.15) is 19.0 Å². The third-order valence-electron chi connectivity index (χ3n) is 4.45. The van der Waals surface area contributed by atoms with Crippen molar-refractivity contribution in [1.29, 1.82) is 0 Å². The van der Waals surface area contributed by atoms with Gasteiger partial charge in [-0.3, -0.25) is 9.69 Å². The van der Waals surface area contributed by atoms with Crippen molar-refractivity contribution >= 4 is 11.7 Å². The molecule has 0 fully saturated rings. The average molecular weight is 313 g/mol. The first-order chi connectivity index (χ1) is 11.2. The average Bonchev–Trinajstić information content (AvgIpc) is 3.04. The van der Waals surface area contributed by atoms with Gasteiger partial charge in [0.05, 0.1) is 17.8 Å². The van der Waals surface area contributed by atoms with Gasteiger partial charge in [0.2, 0.25) is 0 Å². The van der Waals surface area contributed by atoms with Crippen molar-refractivity contribution in [2.24, 2.45) is 0 Å². The van der Waals surface area contributed by atoms with Crippen molar-refractivity contribution in [3.8, 4) is 11.5 Å². The maximum atomic E-state index is 13.2. The molecule has 0 unspecified atom stereocenters. The number of para-hydroxylation sites is 1. The van der Waals surface area contributed by atoms with Crippen LogP contribution in [0.5, 0.6) is 11.5 Å². The Balaban J connectivity index is 1.77. The summed E-state index contributed by atoms with van der Waals surface area (Å²) < 4.78 is 13.2. The Hall–Kier alpha value is -2.50. The lowest BCUT2D eigenvalue weighted by molar-refractivity contribution is 0.0955. The lowest BCUT2D eigenvalue weighted by Crippen LogP contribution is -2.45. The van der Waals surface area contributed by atoms with E-state index in [0.717, 1.165) is 12.2 Å². The fourth-order valence-electron chi connectivity index (χ4n) is 3.44. The molecule has 2 atom stereocenters. The number of ether oxygens (including phenoxy) is 2. The number of hydrogen-bond acceptors (Lipinski definition) is 4. The SMILES string of the molecule is C[C@@H]1C[C@H](C)N(C(=O)c2cccc3c2OCCO3)c2ccnn21. The minimum absolute atomic E-state index is 0.0755. The highest BCUT2D eigenvalue weighted by Crippen LogP contribution is 2.37. The number of aromatic nitrogens is 2. The number of hydrogen-bond donors (Lipinski definition) is 0. The molecule has 0 spiro atoms. The van der Waals surface area contributed by atoms with Gasteiger partial charge in [-0.1, -0.05) is 6.07 Å². The minimum Gasteiger partial charge on any atom is -0.486 e. The van der Waals surface area contributed by atoms with E-state index in [-0.39, 0.29) is 18.0 Å². The van der Waals surface area contributed by atoms with Crippen LogP contribution in [-0.4, -0.2) is 34.9 Å². The molecule has 23 heavy (non-hydrogen) atoms. The number of carbonyl (C=O) groups excluding carboxylic acids is 1. The van der Waals surface area contributed by atoms with Crippen molar-refractivity contribution in [3.63, 3.8) is 0 Å². The number of anilines is 1. The van der Waals surface area contributed by atoms with Crippen LogP contribution in [0.4, 0.5) is 5.82 Å². The molecule has 2 aromatic rings. The van der Waals surface area contributed by atoms with E-state index in [1.54, 1.807) is 17.2 Å². The second-order valence-corrected chi connectivity index (χ2v) is 6.07. The Morgan fingerprint density at radius 3 is 2.87 bits per heavy atom. The standard InChI is InChI=1S/C17H19N3O3/c1-11-10-12(2)20-15(6-7-18-20)19(11)17(21)13-4-3-5-14-16(13)23-9-8-22-14/h3-7,11-12H,8-10H2,1-2H3/t11-,12+/m0/s1. The molecule has 0 aliphatic carbocycles. The molecule has 1 aromatic heterocycles. The Kier molecular flexibility index (Phi) is 3.25. The Morgan fingerprint density at radius 1 is 1.17 bits per heavy atom. The van der Waals surface area contributed by atoms with Gasteiger partial charge in [0.25, 0.3) is 5.91 Å². The number of rotatable bonds is 1. The van der Waals surface area contributed by atoms with Crippen LogP contribution in [0, 0.1) is 0 Å². The normalized spacial score (nSPS) is 22.6. The van der Waals surface area contributed by atoms with E-state index in [0.29, 0.717) is 30.3 Å². The molecule has 1 amide bonds. The van der Waals surface area contributed by atoms with Crippen molar-refractivity contribution in [2.75, 3.05) is 18.1 Å². The van der Waals surface area contributed by atoms with Crippen LogP contribution in [0.15, 0.2) is 30.5 Å². The summed E-state index contributed by atoms with van der Waals surface area (Å²) in [6.45, 7) is 5.16. The number of carbonyl (C=O) groups is 1. The minimum atomic E-state index is -0.0755. The summed E-state index contributed by atoms with van der Waals surface area (Å²) in [4.78, 5) is 15.0. The molecule has 0 saturated carbocycles. The molecule has 0 saturated heterocycles. The quantitative estimate of drug-likeness (QED) is 0.812. The van der Waals surface area contributed by atoms with Crippen LogP contribution in [-0.2, 0) is 0 Å². The molecule has 6 nitrogen and oxygen atoms in total. The number of amides is 1. The van der Waals surface area contributed by atoms with Crippen LogP contribution in [0.25, 0.3) is 0 Å². The summed E-state index contributed by atoms with van der Waals surface area (Å²) in [5.74, 6) is 1.93. The smallest absolute Gasteiger partial charge is 0.263 e. The van der Waals surface area contributed by atoms with E-state index >= 15 is 0 Å². The van der Waals surface area contributed by atoms with Gasteiger partial charge in [0.15, 0.2) is 11.5 Å². The van der Waals surface area contributed by atoms with Gasteiger partial charge in [-0.25, -0.2) is 4.68 Å². The Labute approximate surface area is 134 Å². The van der Waals surface area contributed by atoms with Crippen LogP contribution in [0.2, 0.25) is 0 Å². The maximum Gasteiger partial charge on any atom is 0.263 e. The Morgan fingerprint density at radius 2 is 2.00 bits per heavy atom. The van der Waals surface area contributed by atoms with E-state index in [1.807, 2.05) is 22.9 Å². The summed E-state index contributed by atoms with van der Waals surface area (Å²) in [6.07, 6.45) is 2.61. The second kappa shape index (κ2) is 5.30. The lowest BCUT2D eigenvalue weighted by Gasteiger charge is -2.37. The molecule has 4 rings (SSSR count). The monoisotopic (exact) mass is 313 g/mol. The van der Waals surface area contributed by atoms with Gasteiger partial charge < -0.3 is 9.47 Å². The van der Waals surface area contributed by atoms with E-state index in [2.05, 4.69) is 18.9 Å². The molecule has 120 valence electrons. The molecule has 1 aromatic carbocycles. The highest BCUT2D eigenvalue weighted by Gasteiger charge is 2.35. The van der Waals surface area contributed by atoms with Crippen LogP contribution in [0.3, 0.4) is 0 Å². The van der Waals surface area contributed by atoms with Gasteiger partial charge >= 0.3 is 0 Å². The molecule has 6 heteroatoms. The summed E-state index contributed by atoms with van der Waals surface area (Å²) >= 11 is 0. The molecule has 0 N–H and O–H groups in total. The Bertz CT molecular complexity index is 755. The first kappa shape index (κ1) is 14.1. The summed E-state index contributed by atoms with van der Waals surface area (Å²) in [5.41, 5.74) is 0.538. The maximum absolute atomic E-state index is 13.2. The topological polar surface area (TPSA) is 56.6 Å². The first-order valence-corrected chi connectivity index (χ1v) is 7.92. The van der Waals surface area contributed by atoms with Gasteiger partial charge in [0, 0.05) is 12.1 Å². The van der Waals surface area contributed by atoms with Gasteiger partial charge in [-0.2, -0.15) is 5.10 Å². The zero-order valence-corrected chi connectivity index (χ0v) is 13.2. The molecule has 0 bridgehead atoms. The van der Waals surface area contributed by atoms with Crippen molar-refractivity contribution in [3.05, 3.63) is 36.0 Å². The summed E-state index contributed by atoms with van der Waals surface area (Å²) in [7, 11) is 0. The van der Waals surface area contributed by atoms with Crippen LogP contribution < -0.4 is 14.4 Å². The summed E-state index contributed by atoms with van der Waals surface area (Å²) in [5, 5.41) is 4.35. The fraction of sp³-hybridized carbons (Fsp3) is 0.412. The third-order valence-corrected chi connectivity index (χ3v) is 4.45. The molecule has 3 heterocycles. The van der Waals surface area contributed by atoms with E-state index in [4.69, 9.17) is 9.47 Å². The van der Waals surface area contributed by atoms with E-state index < -0.39 is 0 Å². The zero-order valence-electron chi connectivity index (χ0n) is 13.2. The summed E-state index contributed by atoms with van der Waals surface area (Å²) in [6, 6.07) is 7.72. The second-order valence-electron chi connectivity index (χ2n) is 6.07. The van der Waals surface area contributed by atoms with Crippen molar-refractivity contribution in [2.45, 2.75) is 32.4 Å². The zero-order chi connectivity index (χ0) is 16.0. The number of nitrogens with zero attached hydrogens (tertiary/aromatic N) is 3. The van der Waals surface area contributed by atoms with Gasteiger partial charge in [-0.05, 0) is 32.4 Å². The molecular formula is C17H19N3O3. The van der Waals surface area contributed by atoms with E-state index in [9.17, 15) is 4.79 Å². The van der Waals surface area contributed by atoms with Crippen molar-refractivity contribution in [1.82, 2.24) is 9.78 Å². The largest absolute Gasteiger partial charge is 0.486 e. The molecule has 2 aliphatic rings. The highest BCUT2D eigenvalue weighted by molar-refractivity contribution is 6.08. The molecule has 2 aliphatic heterocycles. The fourth-order valence-corrected chi connectivity index (χ4v) is 3.44. The number of benzene rings is 1. The van der Waals surface area contributed by atoms with Crippen molar-refractivity contribution < 1.29 is 14.3 Å². The van der Waals surface area contributed by atoms with E-state index in [1.165, 1.54) is 0 Å². The van der Waals surface area contributed by atoms with Gasteiger partial charge in [-0.15, -0.1) is 0 Å². The first-order valence-electron chi connectivity index (χ1n) is 7.92. The predicted molar refractivity (Wildman–Crippen MR) is 85.3 cm³/mol. The number of fused-ring (bicyclic) bond motifs is 2.